The number of unbranched alkanes of at least 4 members (excludes halogenated alkanes) is 2. The number of nitrogens with zero attached hydrogens (tertiary/aromatic N) is 1. The van der Waals surface area contributed by atoms with E-state index >= 15 is 0 Å². The first-order valence-corrected chi connectivity index (χ1v) is 7.39. The van der Waals surface area contributed by atoms with E-state index in [-0.39, 0.29) is 0 Å². The average molecular weight is 256 g/mol. The lowest BCUT2D eigenvalue weighted by atomic mass is 10.1. The molecule has 2 heteroatoms. The van der Waals surface area contributed by atoms with Gasteiger partial charge in [0.05, 0.1) is 0 Å². The van der Waals surface area contributed by atoms with Crippen LogP contribution in [0.5, 0.6) is 0 Å². The van der Waals surface area contributed by atoms with Crippen molar-refractivity contribution >= 4 is 5.69 Å². The summed E-state index contributed by atoms with van der Waals surface area (Å²) < 4.78 is 0. The van der Waals surface area contributed by atoms with Crippen LogP contribution in [0.15, 0.2) is 24.3 Å². The van der Waals surface area contributed by atoms with Crippen molar-refractivity contribution in [3.05, 3.63) is 29.8 Å². The summed E-state index contributed by atoms with van der Waals surface area (Å²) in [6.45, 7) is 4.43. The standard InChI is InChI=1S/C17H24N2/c1-2-3-4-7-12-18-15-16-10-5-6-11-17(16)19-13-8-9-14-19/h1,5-6,10-11,18H,3-4,7-9,12-15H2. The van der Waals surface area contributed by atoms with Gasteiger partial charge in [0.15, 0.2) is 0 Å². The Morgan fingerprint density at radius 3 is 2.74 bits per heavy atom. The molecule has 1 heterocycles. The SMILES string of the molecule is C#CCCCCNCc1ccccc1N1CCCC1. The summed E-state index contributed by atoms with van der Waals surface area (Å²) in [7, 11) is 0. The Labute approximate surface area is 117 Å². The van der Waals surface area contributed by atoms with Gasteiger partial charge in [0.1, 0.15) is 0 Å². The van der Waals surface area contributed by atoms with E-state index in [1.165, 1.54) is 37.2 Å². The number of para-hydroxylation sites is 1. The Balaban J connectivity index is 1.81. The van der Waals surface area contributed by atoms with E-state index in [0.717, 1.165) is 32.4 Å². The van der Waals surface area contributed by atoms with Crippen LogP contribution in [0.2, 0.25) is 0 Å². The topological polar surface area (TPSA) is 15.3 Å². The Morgan fingerprint density at radius 1 is 1.16 bits per heavy atom. The lowest BCUT2D eigenvalue weighted by Gasteiger charge is -2.21. The fraction of sp³-hybridized carbons (Fsp3) is 0.529. The molecular weight excluding hydrogens is 232 g/mol. The van der Waals surface area contributed by atoms with Gasteiger partial charge in [-0.25, -0.2) is 0 Å². The van der Waals surface area contributed by atoms with Crippen LogP contribution in [0.3, 0.4) is 0 Å². The van der Waals surface area contributed by atoms with Crippen molar-refractivity contribution in [3.63, 3.8) is 0 Å². The summed E-state index contributed by atoms with van der Waals surface area (Å²) in [6, 6.07) is 8.77. The summed E-state index contributed by atoms with van der Waals surface area (Å²) in [5.41, 5.74) is 2.83. The maximum atomic E-state index is 5.25. The van der Waals surface area contributed by atoms with Crippen LogP contribution in [-0.4, -0.2) is 19.6 Å². The number of rotatable bonds is 7. The minimum absolute atomic E-state index is 0.895. The zero-order chi connectivity index (χ0) is 13.3. The molecule has 1 aromatic rings. The maximum absolute atomic E-state index is 5.25. The molecule has 0 unspecified atom stereocenters. The second-order valence-corrected chi connectivity index (χ2v) is 5.16. The predicted molar refractivity (Wildman–Crippen MR) is 82.3 cm³/mol. The van der Waals surface area contributed by atoms with Gasteiger partial charge in [0, 0.05) is 31.7 Å². The molecule has 0 spiro atoms. The fourth-order valence-corrected chi connectivity index (χ4v) is 2.63. The Hall–Kier alpha value is -1.46. The van der Waals surface area contributed by atoms with Crippen LogP contribution in [0.4, 0.5) is 5.69 Å². The third kappa shape index (κ3) is 4.29. The normalized spacial score (nSPS) is 14.6. The van der Waals surface area contributed by atoms with Crippen molar-refractivity contribution in [3.8, 4) is 12.3 Å². The van der Waals surface area contributed by atoms with Crippen molar-refractivity contribution in [2.45, 2.75) is 38.6 Å². The van der Waals surface area contributed by atoms with Crippen LogP contribution >= 0.6 is 0 Å². The van der Waals surface area contributed by atoms with E-state index < -0.39 is 0 Å². The van der Waals surface area contributed by atoms with Crippen LogP contribution < -0.4 is 10.2 Å². The number of terminal acetylenes is 1. The zero-order valence-corrected chi connectivity index (χ0v) is 11.7. The van der Waals surface area contributed by atoms with Crippen molar-refractivity contribution in [2.75, 3.05) is 24.5 Å². The number of nitrogens with one attached hydrogen (secondary N) is 1. The number of hydrogen-bond donors (Lipinski definition) is 1. The van der Waals surface area contributed by atoms with Crippen LogP contribution in [0.25, 0.3) is 0 Å². The molecule has 2 rings (SSSR count). The van der Waals surface area contributed by atoms with Gasteiger partial charge in [0.25, 0.3) is 0 Å². The highest BCUT2D eigenvalue weighted by Gasteiger charge is 2.14. The van der Waals surface area contributed by atoms with E-state index in [1.807, 2.05) is 0 Å². The monoisotopic (exact) mass is 256 g/mol. The van der Waals surface area contributed by atoms with Gasteiger partial charge < -0.3 is 10.2 Å². The second kappa shape index (κ2) is 7.86. The molecule has 1 aromatic carbocycles. The highest BCUT2D eigenvalue weighted by Crippen LogP contribution is 2.24. The number of anilines is 1. The molecule has 102 valence electrons. The van der Waals surface area contributed by atoms with E-state index in [9.17, 15) is 0 Å². The minimum Gasteiger partial charge on any atom is -0.371 e. The Bertz CT molecular complexity index is 414. The molecule has 1 fully saturated rings. The average Bonchev–Trinajstić information content (AvgIpc) is 2.97. The smallest absolute Gasteiger partial charge is 0.0411 e. The number of hydrogen-bond acceptors (Lipinski definition) is 2. The first-order valence-electron chi connectivity index (χ1n) is 7.39. The quantitative estimate of drug-likeness (QED) is 0.595. The van der Waals surface area contributed by atoms with Gasteiger partial charge in [-0.15, -0.1) is 12.3 Å². The van der Waals surface area contributed by atoms with Gasteiger partial charge in [-0.1, -0.05) is 18.2 Å². The van der Waals surface area contributed by atoms with E-state index in [4.69, 9.17) is 6.42 Å². The van der Waals surface area contributed by atoms with Crippen LogP contribution in [0, 0.1) is 12.3 Å². The van der Waals surface area contributed by atoms with Crippen LogP contribution in [0.1, 0.15) is 37.7 Å². The fourth-order valence-electron chi connectivity index (χ4n) is 2.63. The molecule has 0 amide bonds. The minimum atomic E-state index is 0.895. The van der Waals surface area contributed by atoms with Gasteiger partial charge >= 0.3 is 0 Å². The highest BCUT2D eigenvalue weighted by molar-refractivity contribution is 5.54. The first kappa shape index (κ1) is 14.0. The Morgan fingerprint density at radius 2 is 1.95 bits per heavy atom. The van der Waals surface area contributed by atoms with Crippen molar-refractivity contribution < 1.29 is 0 Å². The maximum Gasteiger partial charge on any atom is 0.0411 e. The lowest BCUT2D eigenvalue weighted by molar-refractivity contribution is 0.629. The van der Waals surface area contributed by atoms with E-state index in [0.29, 0.717) is 0 Å². The molecule has 0 aliphatic carbocycles. The van der Waals surface area contributed by atoms with E-state index in [1.54, 1.807) is 0 Å². The van der Waals surface area contributed by atoms with Gasteiger partial charge in [0.2, 0.25) is 0 Å². The lowest BCUT2D eigenvalue weighted by Crippen LogP contribution is -2.22. The van der Waals surface area contributed by atoms with Gasteiger partial charge in [-0.3, -0.25) is 0 Å². The molecule has 0 saturated carbocycles. The van der Waals surface area contributed by atoms with Crippen molar-refractivity contribution in [1.82, 2.24) is 5.32 Å². The molecule has 2 nitrogen and oxygen atoms in total. The van der Waals surface area contributed by atoms with Crippen molar-refractivity contribution in [1.29, 1.82) is 0 Å². The van der Waals surface area contributed by atoms with Gasteiger partial charge in [-0.2, -0.15) is 0 Å². The number of benzene rings is 1. The largest absolute Gasteiger partial charge is 0.371 e. The second-order valence-electron chi connectivity index (χ2n) is 5.16. The van der Waals surface area contributed by atoms with Gasteiger partial charge in [-0.05, 0) is 43.9 Å². The Kier molecular flexibility index (Phi) is 5.78. The third-order valence-corrected chi connectivity index (χ3v) is 3.68. The molecule has 1 N–H and O–H groups in total. The summed E-state index contributed by atoms with van der Waals surface area (Å²) in [4.78, 5) is 2.51. The van der Waals surface area contributed by atoms with Crippen LogP contribution in [-0.2, 0) is 6.54 Å². The molecule has 0 radical (unpaired) electrons. The first-order chi connectivity index (χ1) is 9.42. The molecule has 0 aromatic heterocycles. The summed E-state index contributed by atoms with van der Waals surface area (Å²) in [6.07, 6.45) is 11.1. The highest BCUT2D eigenvalue weighted by atomic mass is 15.1. The molecule has 1 aliphatic heterocycles. The molecule has 0 atom stereocenters. The summed E-state index contributed by atoms with van der Waals surface area (Å²) >= 11 is 0. The third-order valence-electron chi connectivity index (χ3n) is 3.68. The summed E-state index contributed by atoms with van der Waals surface area (Å²) in [5.74, 6) is 2.69. The molecular formula is C17H24N2. The molecule has 1 aliphatic rings. The zero-order valence-electron chi connectivity index (χ0n) is 11.7. The van der Waals surface area contributed by atoms with E-state index in [2.05, 4.69) is 40.4 Å². The summed E-state index contributed by atoms with van der Waals surface area (Å²) in [5, 5.41) is 3.53. The predicted octanol–water partition coefficient (Wildman–Crippen LogP) is 3.18. The molecule has 0 bridgehead atoms. The van der Waals surface area contributed by atoms with Crippen molar-refractivity contribution in [2.24, 2.45) is 0 Å². The molecule has 19 heavy (non-hydrogen) atoms. The molecule has 1 saturated heterocycles.